The minimum Gasteiger partial charge on any atom is -0.478 e. The van der Waals surface area contributed by atoms with Gasteiger partial charge in [0.2, 0.25) is 0 Å². The van der Waals surface area contributed by atoms with Crippen LogP contribution in [0.2, 0.25) is 0 Å². The number of rotatable bonds is 4. The van der Waals surface area contributed by atoms with E-state index in [1.165, 1.54) is 25.4 Å². The van der Waals surface area contributed by atoms with E-state index in [1.807, 2.05) is 0 Å². The molecule has 2 atom stereocenters. The second kappa shape index (κ2) is 5.44. The zero-order valence-corrected chi connectivity index (χ0v) is 10.8. The van der Waals surface area contributed by atoms with Gasteiger partial charge in [0.25, 0.3) is 0 Å². The zero-order chi connectivity index (χ0) is 13.1. The highest BCUT2D eigenvalue weighted by Crippen LogP contribution is 2.27. The third kappa shape index (κ3) is 2.51. The molecule has 1 aromatic heterocycles. The molecule has 0 spiro atoms. The summed E-state index contributed by atoms with van der Waals surface area (Å²) in [5, 5.41) is 9.13. The first kappa shape index (κ1) is 13.0. The predicted molar refractivity (Wildman–Crippen MR) is 67.3 cm³/mol. The van der Waals surface area contributed by atoms with Gasteiger partial charge >= 0.3 is 5.97 Å². The Labute approximate surface area is 107 Å². The van der Waals surface area contributed by atoms with E-state index in [0.717, 1.165) is 6.42 Å². The van der Waals surface area contributed by atoms with Crippen molar-refractivity contribution in [1.29, 1.82) is 0 Å². The van der Waals surface area contributed by atoms with Crippen molar-refractivity contribution in [2.24, 2.45) is 0 Å². The molecule has 0 radical (unpaired) electrons. The first-order valence-corrected chi connectivity index (χ1v) is 6.41. The monoisotopic (exact) mass is 249 g/mol. The number of carbonyl (C=O) groups is 1. The van der Waals surface area contributed by atoms with Crippen LogP contribution >= 0.6 is 0 Å². The van der Waals surface area contributed by atoms with E-state index in [-0.39, 0.29) is 5.56 Å². The van der Waals surface area contributed by atoms with E-state index in [1.54, 1.807) is 0 Å². The number of hydrogen-bond donors (Lipinski definition) is 1. The molecular formula is C13H19N3O2. The van der Waals surface area contributed by atoms with Crippen LogP contribution in [-0.4, -0.2) is 38.0 Å². The first-order valence-electron chi connectivity index (χ1n) is 6.41. The number of carboxylic acid groups (broad SMARTS) is 1. The Morgan fingerprint density at radius 3 is 3.00 bits per heavy atom. The molecule has 1 saturated heterocycles. The number of likely N-dealkylation sites (tertiary alicyclic amines) is 1. The maximum Gasteiger partial charge on any atom is 0.339 e. The van der Waals surface area contributed by atoms with Crippen molar-refractivity contribution in [2.45, 2.75) is 51.7 Å². The molecule has 1 N–H and O–H groups in total. The molecular weight excluding hydrogens is 230 g/mol. The third-order valence-electron chi connectivity index (χ3n) is 3.78. The fraction of sp³-hybridized carbons (Fsp3) is 0.615. The summed E-state index contributed by atoms with van der Waals surface area (Å²) in [6, 6.07) is 1.03. The minimum absolute atomic E-state index is 0.214. The number of hydrogen-bond acceptors (Lipinski definition) is 4. The Bertz CT molecular complexity index is 436. The molecule has 1 aliphatic rings. The fourth-order valence-electron chi connectivity index (χ4n) is 2.68. The van der Waals surface area contributed by atoms with Gasteiger partial charge in [-0.15, -0.1) is 0 Å². The van der Waals surface area contributed by atoms with Crippen LogP contribution in [0.3, 0.4) is 0 Å². The summed E-state index contributed by atoms with van der Waals surface area (Å²) < 4.78 is 0. The van der Waals surface area contributed by atoms with E-state index >= 15 is 0 Å². The maximum atomic E-state index is 11.1. The molecule has 0 saturated carbocycles. The molecule has 2 unspecified atom stereocenters. The number of aromatic nitrogens is 2. The number of aromatic carboxylic acids is 1. The molecule has 2 heterocycles. The summed E-state index contributed by atoms with van der Waals surface area (Å²) in [4.78, 5) is 21.4. The van der Waals surface area contributed by atoms with E-state index in [9.17, 15) is 4.79 Å². The Morgan fingerprint density at radius 1 is 1.56 bits per heavy atom. The van der Waals surface area contributed by atoms with Crippen LogP contribution in [0.5, 0.6) is 0 Å². The summed E-state index contributed by atoms with van der Waals surface area (Å²) in [7, 11) is 0. The Hall–Kier alpha value is -1.49. The van der Waals surface area contributed by atoms with E-state index < -0.39 is 5.97 Å². The molecule has 0 bridgehead atoms. The highest BCUT2D eigenvalue weighted by molar-refractivity contribution is 5.88. The van der Waals surface area contributed by atoms with E-state index in [2.05, 4.69) is 28.7 Å². The van der Waals surface area contributed by atoms with Crippen LogP contribution in [0.25, 0.3) is 0 Å². The van der Waals surface area contributed by atoms with Gasteiger partial charge in [0, 0.05) is 24.8 Å². The average Bonchev–Trinajstić information content (AvgIpc) is 2.71. The van der Waals surface area contributed by atoms with E-state index in [0.29, 0.717) is 24.3 Å². The van der Waals surface area contributed by atoms with Crippen LogP contribution in [-0.2, 0) is 6.54 Å². The highest BCUT2D eigenvalue weighted by atomic mass is 16.4. The second-order valence-corrected chi connectivity index (χ2v) is 4.85. The van der Waals surface area contributed by atoms with Crippen molar-refractivity contribution < 1.29 is 9.90 Å². The van der Waals surface area contributed by atoms with Gasteiger partial charge in [-0.1, -0.05) is 6.92 Å². The van der Waals surface area contributed by atoms with Gasteiger partial charge in [0.05, 0.1) is 5.69 Å². The Balaban J connectivity index is 2.20. The normalized spacial score (nSPS) is 24.3. The van der Waals surface area contributed by atoms with Gasteiger partial charge in [-0.2, -0.15) is 0 Å². The molecule has 1 aromatic rings. The zero-order valence-electron chi connectivity index (χ0n) is 10.8. The lowest BCUT2D eigenvalue weighted by Crippen LogP contribution is -2.34. The van der Waals surface area contributed by atoms with Crippen molar-refractivity contribution in [1.82, 2.24) is 14.9 Å². The van der Waals surface area contributed by atoms with Gasteiger partial charge in [-0.25, -0.2) is 14.8 Å². The quantitative estimate of drug-likeness (QED) is 0.883. The fourth-order valence-corrected chi connectivity index (χ4v) is 2.68. The molecule has 18 heavy (non-hydrogen) atoms. The molecule has 98 valence electrons. The van der Waals surface area contributed by atoms with Crippen molar-refractivity contribution in [3.63, 3.8) is 0 Å². The summed E-state index contributed by atoms with van der Waals surface area (Å²) in [6.07, 6.45) is 6.25. The molecule has 0 aliphatic carbocycles. The standard InChI is InChI=1S/C13H19N3O2/c1-3-10-5-4-9(2)16(10)7-12-11(13(17)18)6-14-8-15-12/h6,8-10H,3-5,7H2,1-2H3,(H,17,18). The highest BCUT2D eigenvalue weighted by Gasteiger charge is 2.30. The second-order valence-electron chi connectivity index (χ2n) is 4.85. The smallest absolute Gasteiger partial charge is 0.339 e. The molecule has 2 rings (SSSR count). The lowest BCUT2D eigenvalue weighted by molar-refractivity contribution is 0.0692. The van der Waals surface area contributed by atoms with Crippen LogP contribution < -0.4 is 0 Å². The van der Waals surface area contributed by atoms with Crippen LogP contribution in [0.4, 0.5) is 0 Å². The maximum absolute atomic E-state index is 11.1. The van der Waals surface area contributed by atoms with E-state index in [4.69, 9.17) is 5.11 Å². The van der Waals surface area contributed by atoms with Gasteiger partial charge in [0.15, 0.2) is 0 Å². The molecule has 1 aliphatic heterocycles. The molecule has 5 heteroatoms. The van der Waals surface area contributed by atoms with Gasteiger partial charge in [-0.3, -0.25) is 4.90 Å². The van der Waals surface area contributed by atoms with Crippen molar-refractivity contribution >= 4 is 5.97 Å². The van der Waals surface area contributed by atoms with Gasteiger partial charge < -0.3 is 5.11 Å². The van der Waals surface area contributed by atoms with Gasteiger partial charge in [0.1, 0.15) is 11.9 Å². The lowest BCUT2D eigenvalue weighted by atomic mass is 10.1. The third-order valence-corrected chi connectivity index (χ3v) is 3.78. The predicted octanol–water partition coefficient (Wildman–Crippen LogP) is 1.94. The van der Waals surface area contributed by atoms with Crippen LogP contribution in [0.1, 0.15) is 49.2 Å². The summed E-state index contributed by atoms with van der Waals surface area (Å²) in [5.74, 6) is -0.953. The average molecular weight is 249 g/mol. The Morgan fingerprint density at radius 2 is 2.33 bits per heavy atom. The summed E-state index contributed by atoms with van der Waals surface area (Å²) in [6.45, 7) is 4.97. The van der Waals surface area contributed by atoms with Crippen molar-refractivity contribution in [3.8, 4) is 0 Å². The Kier molecular flexibility index (Phi) is 3.91. The number of carboxylic acids is 1. The number of nitrogens with zero attached hydrogens (tertiary/aromatic N) is 3. The lowest BCUT2D eigenvalue weighted by Gasteiger charge is -2.27. The molecule has 5 nitrogen and oxygen atoms in total. The first-order chi connectivity index (χ1) is 8.63. The van der Waals surface area contributed by atoms with Crippen LogP contribution in [0.15, 0.2) is 12.5 Å². The van der Waals surface area contributed by atoms with Gasteiger partial charge in [-0.05, 0) is 26.2 Å². The minimum atomic E-state index is -0.953. The largest absolute Gasteiger partial charge is 0.478 e. The van der Waals surface area contributed by atoms with Crippen molar-refractivity contribution in [2.75, 3.05) is 0 Å². The SMILES string of the molecule is CCC1CCC(C)N1Cc1ncncc1C(=O)O. The topological polar surface area (TPSA) is 66.3 Å². The molecule has 0 amide bonds. The molecule has 0 aromatic carbocycles. The van der Waals surface area contributed by atoms with Crippen LogP contribution in [0, 0.1) is 0 Å². The summed E-state index contributed by atoms with van der Waals surface area (Å²) >= 11 is 0. The molecule has 1 fully saturated rings. The summed E-state index contributed by atoms with van der Waals surface area (Å²) in [5.41, 5.74) is 0.830. The van der Waals surface area contributed by atoms with Crippen molar-refractivity contribution in [3.05, 3.63) is 23.8 Å².